The third-order valence-electron chi connectivity index (χ3n) is 1.66. The van der Waals surface area contributed by atoms with Crippen molar-refractivity contribution in [1.82, 2.24) is 0 Å². The maximum absolute atomic E-state index is 9.11. The van der Waals surface area contributed by atoms with Crippen LogP contribution >= 0.6 is 0 Å². The Kier molecular flexibility index (Phi) is 0.822. The SMILES string of the molecule is Oc1ccc(O)c2c1C=C2. The van der Waals surface area contributed by atoms with Gasteiger partial charge in [0.2, 0.25) is 0 Å². The highest BCUT2D eigenvalue weighted by atomic mass is 16.3. The van der Waals surface area contributed by atoms with Gasteiger partial charge in [0.05, 0.1) is 0 Å². The molecule has 0 fully saturated rings. The van der Waals surface area contributed by atoms with Gasteiger partial charge in [0.1, 0.15) is 11.5 Å². The van der Waals surface area contributed by atoms with E-state index in [0.717, 1.165) is 11.1 Å². The fourth-order valence-corrected chi connectivity index (χ4v) is 1.03. The number of phenolic OH excluding ortho intramolecular Hbond substituents is 2. The van der Waals surface area contributed by atoms with Crippen LogP contribution in [0.25, 0.3) is 12.2 Å². The normalized spacial score (nSPS) is 12.4. The zero-order chi connectivity index (χ0) is 7.14. The van der Waals surface area contributed by atoms with Crippen LogP contribution in [0.3, 0.4) is 0 Å². The highest BCUT2D eigenvalue weighted by Gasteiger charge is 2.13. The van der Waals surface area contributed by atoms with Crippen molar-refractivity contribution in [3.8, 4) is 11.5 Å². The number of fused-ring (bicyclic) bond motifs is 1. The van der Waals surface area contributed by atoms with E-state index in [4.69, 9.17) is 10.2 Å². The van der Waals surface area contributed by atoms with E-state index in [2.05, 4.69) is 0 Å². The third kappa shape index (κ3) is 0.480. The van der Waals surface area contributed by atoms with Crippen molar-refractivity contribution < 1.29 is 10.2 Å². The van der Waals surface area contributed by atoms with Gasteiger partial charge in [-0.25, -0.2) is 0 Å². The van der Waals surface area contributed by atoms with Crippen LogP contribution in [0.2, 0.25) is 0 Å². The van der Waals surface area contributed by atoms with Crippen molar-refractivity contribution >= 4 is 12.2 Å². The molecule has 2 N–H and O–H groups in total. The van der Waals surface area contributed by atoms with E-state index in [1.165, 1.54) is 12.1 Å². The lowest BCUT2D eigenvalue weighted by Gasteiger charge is -2.12. The lowest BCUT2D eigenvalue weighted by Crippen LogP contribution is -1.89. The minimum absolute atomic E-state index is 0.232. The Morgan fingerprint density at radius 1 is 0.800 bits per heavy atom. The number of phenols is 2. The van der Waals surface area contributed by atoms with Crippen LogP contribution in [-0.2, 0) is 0 Å². The van der Waals surface area contributed by atoms with Crippen LogP contribution in [0.4, 0.5) is 0 Å². The van der Waals surface area contributed by atoms with E-state index >= 15 is 0 Å². The summed E-state index contributed by atoms with van der Waals surface area (Å²) in [6, 6.07) is 2.97. The van der Waals surface area contributed by atoms with Gasteiger partial charge in [0.15, 0.2) is 0 Å². The van der Waals surface area contributed by atoms with E-state index in [1.807, 2.05) is 0 Å². The van der Waals surface area contributed by atoms with E-state index in [-0.39, 0.29) is 11.5 Å². The molecule has 2 rings (SSSR count). The Bertz CT molecular complexity index is 282. The van der Waals surface area contributed by atoms with E-state index in [9.17, 15) is 0 Å². The average molecular weight is 134 g/mol. The summed E-state index contributed by atoms with van der Waals surface area (Å²) in [5.41, 5.74) is 1.47. The smallest absolute Gasteiger partial charge is 0.123 e. The highest BCUT2D eigenvalue weighted by Crippen LogP contribution is 2.37. The number of aromatic hydroxyl groups is 2. The Morgan fingerprint density at radius 3 is 1.50 bits per heavy atom. The van der Waals surface area contributed by atoms with Crippen LogP contribution in [-0.4, -0.2) is 10.2 Å². The second-order valence-electron chi connectivity index (χ2n) is 2.26. The fourth-order valence-electron chi connectivity index (χ4n) is 1.03. The first kappa shape index (κ1) is 5.35. The van der Waals surface area contributed by atoms with Crippen LogP contribution in [0, 0.1) is 0 Å². The first-order valence-electron chi connectivity index (χ1n) is 3.02. The Balaban J connectivity index is 2.72. The van der Waals surface area contributed by atoms with Crippen LogP contribution in [0.1, 0.15) is 11.1 Å². The molecule has 2 heteroatoms. The Labute approximate surface area is 58.1 Å². The molecule has 1 aromatic carbocycles. The van der Waals surface area contributed by atoms with Crippen LogP contribution < -0.4 is 0 Å². The van der Waals surface area contributed by atoms with E-state index in [0.29, 0.717) is 0 Å². The van der Waals surface area contributed by atoms with Crippen LogP contribution in [0.15, 0.2) is 12.1 Å². The van der Waals surface area contributed by atoms with E-state index < -0.39 is 0 Å². The number of hydrogen-bond acceptors (Lipinski definition) is 2. The summed E-state index contributed by atoms with van der Waals surface area (Å²) < 4.78 is 0. The Morgan fingerprint density at radius 2 is 1.20 bits per heavy atom. The summed E-state index contributed by atoms with van der Waals surface area (Å²) >= 11 is 0. The molecule has 0 aromatic heterocycles. The second-order valence-corrected chi connectivity index (χ2v) is 2.26. The molecule has 0 spiro atoms. The quantitative estimate of drug-likeness (QED) is 0.537. The first-order valence-corrected chi connectivity index (χ1v) is 3.02. The van der Waals surface area contributed by atoms with Gasteiger partial charge in [0.25, 0.3) is 0 Å². The average Bonchev–Trinajstić information content (AvgIpc) is 1.78. The molecule has 0 atom stereocenters. The van der Waals surface area contributed by atoms with Gasteiger partial charge in [0, 0.05) is 11.1 Å². The van der Waals surface area contributed by atoms with Gasteiger partial charge in [-0.3, -0.25) is 0 Å². The molecule has 0 bridgehead atoms. The second kappa shape index (κ2) is 1.53. The molecule has 0 heterocycles. The number of hydrogen-bond donors (Lipinski definition) is 2. The maximum atomic E-state index is 9.11. The molecule has 0 saturated carbocycles. The first-order chi connectivity index (χ1) is 4.79. The molecule has 2 nitrogen and oxygen atoms in total. The molecule has 0 amide bonds. The monoisotopic (exact) mass is 134 g/mol. The van der Waals surface area contributed by atoms with Crippen molar-refractivity contribution in [3.05, 3.63) is 23.3 Å². The maximum Gasteiger partial charge on any atom is 0.123 e. The zero-order valence-electron chi connectivity index (χ0n) is 5.20. The minimum atomic E-state index is 0.232. The van der Waals surface area contributed by atoms with Gasteiger partial charge >= 0.3 is 0 Å². The molecule has 1 aliphatic rings. The van der Waals surface area contributed by atoms with Gasteiger partial charge in [-0.2, -0.15) is 0 Å². The van der Waals surface area contributed by atoms with Crippen molar-refractivity contribution in [2.24, 2.45) is 0 Å². The molecule has 0 saturated heterocycles. The predicted molar refractivity (Wildman–Crippen MR) is 38.7 cm³/mol. The van der Waals surface area contributed by atoms with Crippen molar-refractivity contribution in [3.63, 3.8) is 0 Å². The van der Waals surface area contributed by atoms with Crippen LogP contribution in [0.5, 0.6) is 11.5 Å². The fraction of sp³-hybridized carbons (Fsp3) is 0. The molecule has 1 aliphatic carbocycles. The lowest BCUT2D eigenvalue weighted by molar-refractivity contribution is 0.457. The van der Waals surface area contributed by atoms with Crippen molar-refractivity contribution in [2.45, 2.75) is 0 Å². The molecular weight excluding hydrogens is 128 g/mol. The zero-order valence-corrected chi connectivity index (χ0v) is 5.20. The predicted octanol–water partition coefficient (Wildman–Crippen LogP) is 1.58. The molecule has 0 aliphatic heterocycles. The molecular formula is C8H6O2. The summed E-state index contributed by atoms with van der Waals surface area (Å²) in [6.45, 7) is 0. The standard InChI is InChI=1S/C8H6O2/c9-7-3-4-8(10)6-2-1-5(6)7/h1-4,9-10H. The minimum Gasteiger partial charge on any atom is -0.507 e. The summed E-state index contributed by atoms with van der Waals surface area (Å²) in [4.78, 5) is 0. The summed E-state index contributed by atoms with van der Waals surface area (Å²) in [5.74, 6) is 0.464. The molecule has 50 valence electrons. The third-order valence-corrected chi connectivity index (χ3v) is 1.66. The summed E-state index contributed by atoms with van der Waals surface area (Å²) in [6.07, 6.45) is 3.54. The van der Waals surface area contributed by atoms with Gasteiger partial charge in [-0.15, -0.1) is 0 Å². The van der Waals surface area contributed by atoms with Crippen molar-refractivity contribution in [1.29, 1.82) is 0 Å². The number of benzene rings is 1. The summed E-state index contributed by atoms with van der Waals surface area (Å²) in [7, 11) is 0. The van der Waals surface area contributed by atoms with Crippen molar-refractivity contribution in [2.75, 3.05) is 0 Å². The number of rotatable bonds is 0. The highest BCUT2D eigenvalue weighted by molar-refractivity contribution is 5.91. The van der Waals surface area contributed by atoms with E-state index in [1.54, 1.807) is 12.2 Å². The van der Waals surface area contributed by atoms with Gasteiger partial charge in [-0.05, 0) is 24.3 Å². The van der Waals surface area contributed by atoms with Gasteiger partial charge in [-0.1, -0.05) is 0 Å². The topological polar surface area (TPSA) is 40.5 Å². The lowest BCUT2D eigenvalue weighted by atomic mass is 9.96. The molecule has 1 aromatic rings. The molecule has 0 unspecified atom stereocenters. The molecule has 10 heavy (non-hydrogen) atoms. The Hall–Kier alpha value is -1.44. The largest absolute Gasteiger partial charge is 0.507 e. The summed E-state index contributed by atoms with van der Waals surface area (Å²) in [5, 5.41) is 18.2. The molecule has 0 radical (unpaired) electrons. The van der Waals surface area contributed by atoms with Gasteiger partial charge < -0.3 is 10.2 Å².